The third-order valence-electron chi connectivity index (χ3n) is 5.28. The van der Waals surface area contributed by atoms with Gasteiger partial charge in [0.2, 0.25) is 0 Å². The van der Waals surface area contributed by atoms with Gasteiger partial charge in [0.25, 0.3) is 0 Å². The molecule has 0 unspecified atom stereocenters. The van der Waals surface area contributed by atoms with Crippen LogP contribution in [0.4, 0.5) is 16.0 Å². The molecule has 2 fully saturated rings. The molecular formula is C20H26FN7. The molecule has 4 rings (SSSR count). The monoisotopic (exact) mass is 383 g/mol. The number of nitrogens with one attached hydrogen (secondary N) is 3. The highest BCUT2D eigenvalue weighted by atomic mass is 19.1. The summed E-state index contributed by atoms with van der Waals surface area (Å²) in [6, 6.07) is 9.64. The summed E-state index contributed by atoms with van der Waals surface area (Å²) in [4.78, 5) is 8.91. The number of hydrogen-bond donors (Lipinski definition) is 3. The minimum Gasteiger partial charge on any atom is -0.366 e. The SMILES string of the molecule is C=C(c1cccc(N[C@H]2CNC[C@@H]2F)n1)n1nc(NC2CCC2)ccc1=NC. The third-order valence-corrected chi connectivity index (χ3v) is 5.28. The van der Waals surface area contributed by atoms with E-state index in [2.05, 4.69) is 37.6 Å². The molecule has 1 saturated heterocycles. The molecule has 2 aromatic rings. The lowest BCUT2D eigenvalue weighted by molar-refractivity contribution is 0.342. The predicted molar refractivity (Wildman–Crippen MR) is 109 cm³/mol. The molecule has 0 radical (unpaired) electrons. The second-order valence-electron chi connectivity index (χ2n) is 7.26. The molecule has 2 aliphatic rings. The van der Waals surface area contributed by atoms with Crippen LogP contribution < -0.4 is 21.4 Å². The summed E-state index contributed by atoms with van der Waals surface area (Å²) in [6.07, 6.45) is 2.67. The van der Waals surface area contributed by atoms with Crippen molar-refractivity contribution >= 4 is 17.3 Å². The molecule has 1 aliphatic carbocycles. The van der Waals surface area contributed by atoms with Gasteiger partial charge in [-0.25, -0.2) is 14.1 Å². The fourth-order valence-corrected chi connectivity index (χ4v) is 3.39. The van der Waals surface area contributed by atoms with Crippen molar-refractivity contribution in [3.8, 4) is 0 Å². The molecule has 148 valence electrons. The van der Waals surface area contributed by atoms with Gasteiger partial charge in [-0.3, -0.25) is 4.99 Å². The number of hydrogen-bond acceptors (Lipinski definition) is 6. The van der Waals surface area contributed by atoms with Crippen molar-refractivity contribution in [2.75, 3.05) is 30.8 Å². The van der Waals surface area contributed by atoms with Gasteiger partial charge in [-0.05, 0) is 43.5 Å². The smallest absolute Gasteiger partial charge is 0.149 e. The van der Waals surface area contributed by atoms with Crippen LogP contribution in [0.25, 0.3) is 5.70 Å². The van der Waals surface area contributed by atoms with E-state index in [0.29, 0.717) is 41.8 Å². The summed E-state index contributed by atoms with van der Waals surface area (Å²) in [5, 5.41) is 14.3. The predicted octanol–water partition coefficient (Wildman–Crippen LogP) is 2.01. The summed E-state index contributed by atoms with van der Waals surface area (Å²) in [5.74, 6) is 1.42. The Morgan fingerprint density at radius 3 is 2.75 bits per heavy atom. The number of rotatable bonds is 6. The van der Waals surface area contributed by atoms with Gasteiger partial charge in [0.1, 0.15) is 23.3 Å². The summed E-state index contributed by atoms with van der Waals surface area (Å²) in [5.41, 5.74) is 1.96. The van der Waals surface area contributed by atoms with Crippen molar-refractivity contribution in [3.63, 3.8) is 0 Å². The number of halogens is 1. The molecule has 3 N–H and O–H groups in total. The maximum absolute atomic E-state index is 13.9. The van der Waals surface area contributed by atoms with Crippen LogP contribution in [0.3, 0.4) is 0 Å². The largest absolute Gasteiger partial charge is 0.366 e. The number of alkyl halides is 1. The minimum atomic E-state index is -0.926. The average molecular weight is 383 g/mol. The van der Waals surface area contributed by atoms with Crippen LogP contribution in [0.5, 0.6) is 0 Å². The van der Waals surface area contributed by atoms with Crippen molar-refractivity contribution in [3.05, 3.63) is 48.1 Å². The van der Waals surface area contributed by atoms with E-state index in [1.54, 1.807) is 11.7 Å². The molecule has 2 atom stereocenters. The van der Waals surface area contributed by atoms with E-state index in [-0.39, 0.29) is 6.04 Å². The summed E-state index contributed by atoms with van der Waals surface area (Å²) >= 11 is 0. The average Bonchev–Trinajstić information content (AvgIpc) is 3.08. The van der Waals surface area contributed by atoms with Crippen LogP contribution in [0.1, 0.15) is 25.0 Å². The van der Waals surface area contributed by atoms with Crippen molar-refractivity contribution in [1.82, 2.24) is 20.1 Å². The molecule has 0 amide bonds. The number of nitrogens with zero attached hydrogens (tertiary/aromatic N) is 4. The number of aromatic nitrogens is 3. The van der Waals surface area contributed by atoms with Crippen LogP contribution in [0.15, 0.2) is 41.9 Å². The van der Waals surface area contributed by atoms with Crippen LogP contribution in [0, 0.1) is 0 Å². The van der Waals surface area contributed by atoms with E-state index < -0.39 is 6.17 Å². The zero-order chi connectivity index (χ0) is 19.5. The highest BCUT2D eigenvalue weighted by Crippen LogP contribution is 2.22. The Morgan fingerprint density at radius 2 is 2.07 bits per heavy atom. The molecule has 0 bridgehead atoms. The van der Waals surface area contributed by atoms with Crippen molar-refractivity contribution < 1.29 is 4.39 Å². The van der Waals surface area contributed by atoms with Gasteiger partial charge in [0.15, 0.2) is 0 Å². The molecule has 3 heterocycles. The normalized spacial score (nSPS) is 22.7. The fraction of sp³-hybridized carbons (Fsp3) is 0.450. The zero-order valence-electron chi connectivity index (χ0n) is 16.0. The first-order chi connectivity index (χ1) is 13.6. The van der Waals surface area contributed by atoms with Crippen LogP contribution >= 0.6 is 0 Å². The maximum atomic E-state index is 13.9. The quantitative estimate of drug-likeness (QED) is 0.711. The molecule has 0 aromatic carbocycles. The Labute approximate surface area is 163 Å². The van der Waals surface area contributed by atoms with Gasteiger partial charge in [0, 0.05) is 26.2 Å². The van der Waals surface area contributed by atoms with Gasteiger partial charge in [-0.1, -0.05) is 12.6 Å². The lowest BCUT2D eigenvalue weighted by Crippen LogP contribution is -2.30. The highest BCUT2D eigenvalue weighted by molar-refractivity contribution is 5.61. The third kappa shape index (κ3) is 3.91. The van der Waals surface area contributed by atoms with Gasteiger partial charge in [0.05, 0.1) is 17.4 Å². The second kappa shape index (κ2) is 8.10. The molecule has 2 aromatic heterocycles. The van der Waals surface area contributed by atoms with E-state index in [4.69, 9.17) is 0 Å². The fourth-order valence-electron chi connectivity index (χ4n) is 3.39. The van der Waals surface area contributed by atoms with Gasteiger partial charge < -0.3 is 16.0 Å². The molecule has 7 nitrogen and oxygen atoms in total. The van der Waals surface area contributed by atoms with Crippen LogP contribution in [0.2, 0.25) is 0 Å². The first-order valence-corrected chi connectivity index (χ1v) is 9.72. The Hall–Kier alpha value is -2.74. The summed E-state index contributed by atoms with van der Waals surface area (Å²) < 4.78 is 15.6. The summed E-state index contributed by atoms with van der Waals surface area (Å²) in [7, 11) is 1.72. The van der Waals surface area contributed by atoms with E-state index in [0.717, 1.165) is 5.82 Å². The Balaban J connectivity index is 1.58. The minimum absolute atomic E-state index is 0.280. The maximum Gasteiger partial charge on any atom is 0.149 e. The van der Waals surface area contributed by atoms with Crippen molar-refractivity contribution in [2.45, 2.75) is 37.5 Å². The topological polar surface area (TPSA) is 79.2 Å². The number of anilines is 2. The van der Waals surface area contributed by atoms with Gasteiger partial charge in [-0.15, -0.1) is 5.10 Å². The standard InChI is InChI=1S/C20H26FN7/c1-13(16-7-4-8-18(25-16)26-17-12-23-11-15(17)21)28-20(22-2)10-9-19(27-28)24-14-5-3-6-14/h4,7-10,14-15,17,23H,1,3,5-6,11-12H2,2H3,(H,24,27)(H,25,26)/t15-,17-/m0/s1. The highest BCUT2D eigenvalue weighted by Gasteiger charge is 2.26. The van der Waals surface area contributed by atoms with Crippen molar-refractivity contribution in [2.24, 2.45) is 4.99 Å². The van der Waals surface area contributed by atoms with E-state index >= 15 is 0 Å². The summed E-state index contributed by atoms with van der Waals surface area (Å²) in [6.45, 7) is 5.13. The Kier molecular flexibility index (Phi) is 5.38. The van der Waals surface area contributed by atoms with Crippen molar-refractivity contribution in [1.29, 1.82) is 0 Å². The lowest BCUT2D eigenvalue weighted by Gasteiger charge is -2.27. The molecule has 1 saturated carbocycles. The molecule has 1 aliphatic heterocycles. The van der Waals surface area contributed by atoms with Crippen LogP contribution in [-0.4, -0.2) is 53.2 Å². The van der Waals surface area contributed by atoms with E-state index in [1.165, 1.54) is 19.3 Å². The van der Waals surface area contributed by atoms with Crippen LogP contribution in [-0.2, 0) is 0 Å². The van der Waals surface area contributed by atoms with E-state index in [9.17, 15) is 4.39 Å². The van der Waals surface area contributed by atoms with Gasteiger partial charge in [-0.2, -0.15) is 0 Å². The second-order valence-corrected chi connectivity index (χ2v) is 7.26. The lowest BCUT2D eigenvalue weighted by atomic mass is 9.93. The first kappa shape index (κ1) is 18.6. The first-order valence-electron chi connectivity index (χ1n) is 9.72. The molecule has 8 heteroatoms. The Bertz CT molecular complexity index is 919. The molecule has 0 spiro atoms. The number of pyridine rings is 1. The Morgan fingerprint density at radius 1 is 1.21 bits per heavy atom. The van der Waals surface area contributed by atoms with Gasteiger partial charge >= 0.3 is 0 Å². The van der Waals surface area contributed by atoms with E-state index in [1.807, 2.05) is 30.3 Å². The molecule has 28 heavy (non-hydrogen) atoms. The molecular weight excluding hydrogens is 357 g/mol. The zero-order valence-corrected chi connectivity index (χ0v) is 16.0.